The third-order valence-electron chi connectivity index (χ3n) is 6.57. The molecule has 1 heterocycles. The zero-order valence-electron chi connectivity index (χ0n) is 21.3. The lowest BCUT2D eigenvalue weighted by Gasteiger charge is -2.36. The molecule has 0 spiro atoms. The number of nitrogens with zero attached hydrogens (tertiary/aromatic N) is 1. The predicted octanol–water partition coefficient (Wildman–Crippen LogP) is 7.88. The Morgan fingerprint density at radius 1 is 0.658 bits per heavy atom. The molecule has 0 aliphatic rings. The molecule has 0 bridgehead atoms. The van der Waals surface area contributed by atoms with Gasteiger partial charge in [-0.15, -0.1) is 0 Å². The minimum absolute atomic E-state index is 0.368. The highest BCUT2D eigenvalue weighted by molar-refractivity contribution is 14.1. The van der Waals surface area contributed by atoms with Gasteiger partial charge in [0.25, 0.3) is 0 Å². The van der Waals surface area contributed by atoms with Crippen molar-refractivity contribution in [2.75, 3.05) is 14.2 Å². The van der Waals surface area contributed by atoms with Gasteiger partial charge in [0.2, 0.25) is 0 Å². The molecule has 0 saturated heterocycles. The molecule has 4 aromatic carbocycles. The number of rotatable bonds is 9. The van der Waals surface area contributed by atoms with E-state index < -0.39 is 5.60 Å². The Hall–Kier alpha value is -3.68. The van der Waals surface area contributed by atoms with E-state index in [0.29, 0.717) is 6.61 Å². The topological polar surface area (TPSA) is 40.6 Å². The Morgan fingerprint density at radius 3 is 1.79 bits per heavy atom. The lowest BCUT2D eigenvalue weighted by Crippen LogP contribution is -2.32. The SMILES string of the molecule is COc1ccc(C(OCc2ccc(-c3cccc(I)c3)nc2)(c2ccccc2)c2ccc(OC)cc2)cc1. The second-order valence-electron chi connectivity index (χ2n) is 8.85. The minimum atomic E-state index is -0.867. The molecule has 0 N–H and O–H groups in total. The van der Waals surface area contributed by atoms with Crippen LogP contribution in [-0.4, -0.2) is 19.2 Å². The maximum absolute atomic E-state index is 6.96. The zero-order valence-corrected chi connectivity index (χ0v) is 23.5. The standard InChI is InChI=1S/C33H28INO3/c1-36-30-16-12-27(13-17-30)33(26-8-4-3-5-9-26,28-14-18-31(37-2)19-15-28)38-23-24-11-20-32(35-22-24)25-7-6-10-29(34)21-25/h3-22H,23H2,1-2H3. The average Bonchev–Trinajstić information content (AvgIpc) is 2.99. The van der Waals surface area contributed by atoms with Crippen LogP contribution < -0.4 is 9.47 Å². The first kappa shape index (κ1) is 25.9. The van der Waals surface area contributed by atoms with Crippen molar-refractivity contribution in [3.05, 3.63) is 147 Å². The number of hydrogen-bond donors (Lipinski definition) is 0. The van der Waals surface area contributed by atoms with Crippen molar-refractivity contribution in [1.29, 1.82) is 0 Å². The van der Waals surface area contributed by atoms with E-state index in [1.807, 2.05) is 54.7 Å². The summed E-state index contributed by atoms with van der Waals surface area (Å²) in [4.78, 5) is 4.74. The van der Waals surface area contributed by atoms with Gasteiger partial charge >= 0.3 is 0 Å². The van der Waals surface area contributed by atoms with Crippen LogP contribution in [-0.2, 0) is 16.9 Å². The van der Waals surface area contributed by atoms with Crippen molar-refractivity contribution in [2.45, 2.75) is 12.2 Å². The largest absolute Gasteiger partial charge is 0.497 e. The molecule has 5 rings (SSSR count). The van der Waals surface area contributed by atoms with Crippen LogP contribution in [0.1, 0.15) is 22.3 Å². The van der Waals surface area contributed by atoms with Gasteiger partial charge in [0.1, 0.15) is 17.1 Å². The van der Waals surface area contributed by atoms with Crippen LogP contribution >= 0.6 is 22.6 Å². The minimum Gasteiger partial charge on any atom is -0.497 e. The molecule has 38 heavy (non-hydrogen) atoms. The Morgan fingerprint density at radius 2 is 1.26 bits per heavy atom. The van der Waals surface area contributed by atoms with Gasteiger partial charge in [-0.25, -0.2) is 0 Å². The van der Waals surface area contributed by atoms with E-state index in [1.165, 1.54) is 3.57 Å². The fourth-order valence-corrected chi connectivity index (χ4v) is 5.14. The zero-order chi connectivity index (χ0) is 26.4. The first-order chi connectivity index (χ1) is 18.6. The number of halogens is 1. The van der Waals surface area contributed by atoms with E-state index in [4.69, 9.17) is 19.2 Å². The summed E-state index contributed by atoms with van der Waals surface area (Å²) >= 11 is 2.32. The normalized spacial score (nSPS) is 11.2. The van der Waals surface area contributed by atoms with Crippen LogP contribution in [0, 0.1) is 3.57 Å². The number of benzene rings is 4. The van der Waals surface area contributed by atoms with Crippen molar-refractivity contribution >= 4 is 22.6 Å². The number of pyridine rings is 1. The molecular weight excluding hydrogens is 585 g/mol. The van der Waals surface area contributed by atoms with Gasteiger partial charge in [-0.3, -0.25) is 4.98 Å². The summed E-state index contributed by atoms with van der Waals surface area (Å²) in [6.07, 6.45) is 1.90. The quantitative estimate of drug-likeness (QED) is 0.125. The molecule has 0 atom stereocenters. The summed E-state index contributed by atoms with van der Waals surface area (Å²) < 4.78 is 19.0. The van der Waals surface area contributed by atoms with Crippen molar-refractivity contribution in [3.63, 3.8) is 0 Å². The fourth-order valence-electron chi connectivity index (χ4n) is 4.59. The lowest BCUT2D eigenvalue weighted by atomic mass is 9.80. The van der Waals surface area contributed by atoms with E-state index in [0.717, 1.165) is 45.0 Å². The Kier molecular flexibility index (Phi) is 8.05. The highest BCUT2D eigenvalue weighted by atomic mass is 127. The van der Waals surface area contributed by atoms with E-state index in [-0.39, 0.29) is 0 Å². The van der Waals surface area contributed by atoms with Gasteiger partial charge in [-0.2, -0.15) is 0 Å². The lowest BCUT2D eigenvalue weighted by molar-refractivity contribution is 0.0000787. The van der Waals surface area contributed by atoms with Crippen molar-refractivity contribution in [2.24, 2.45) is 0 Å². The fraction of sp³-hybridized carbons (Fsp3) is 0.121. The monoisotopic (exact) mass is 613 g/mol. The molecule has 4 nitrogen and oxygen atoms in total. The van der Waals surface area contributed by atoms with E-state index in [2.05, 4.69) is 89.3 Å². The van der Waals surface area contributed by atoms with Gasteiger partial charge in [-0.05, 0) is 87.3 Å². The third-order valence-corrected chi connectivity index (χ3v) is 7.24. The number of methoxy groups -OCH3 is 2. The molecule has 0 fully saturated rings. The molecule has 0 aliphatic carbocycles. The summed E-state index contributed by atoms with van der Waals surface area (Å²) in [6.45, 7) is 0.368. The first-order valence-electron chi connectivity index (χ1n) is 12.3. The Balaban J connectivity index is 1.56. The van der Waals surface area contributed by atoms with Crippen LogP contribution in [0.2, 0.25) is 0 Å². The third kappa shape index (κ3) is 5.44. The van der Waals surface area contributed by atoms with Crippen LogP contribution in [0.3, 0.4) is 0 Å². The highest BCUT2D eigenvalue weighted by Crippen LogP contribution is 2.42. The summed E-state index contributed by atoms with van der Waals surface area (Å²) in [6, 6.07) is 38.9. The first-order valence-corrected chi connectivity index (χ1v) is 13.4. The molecule has 0 amide bonds. The van der Waals surface area contributed by atoms with Crippen LogP contribution in [0.4, 0.5) is 0 Å². The molecular formula is C33H28INO3. The summed E-state index contributed by atoms with van der Waals surface area (Å²) in [5, 5.41) is 0. The summed E-state index contributed by atoms with van der Waals surface area (Å²) in [7, 11) is 3.35. The Labute approximate surface area is 237 Å². The Bertz CT molecular complexity index is 1420. The second kappa shape index (κ2) is 11.8. The number of hydrogen-bond acceptors (Lipinski definition) is 4. The summed E-state index contributed by atoms with van der Waals surface area (Å²) in [5.74, 6) is 1.58. The van der Waals surface area contributed by atoms with Crippen molar-refractivity contribution in [1.82, 2.24) is 4.98 Å². The number of ether oxygens (including phenoxy) is 3. The predicted molar refractivity (Wildman–Crippen MR) is 159 cm³/mol. The van der Waals surface area contributed by atoms with Gasteiger partial charge in [0.15, 0.2) is 0 Å². The van der Waals surface area contributed by atoms with Crippen molar-refractivity contribution in [3.8, 4) is 22.8 Å². The van der Waals surface area contributed by atoms with E-state index >= 15 is 0 Å². The van der Waals surface area contributed by atoms with Gasteiger partial charge in [-0.1, -0.05) is 72.8 Å². The van der Waals surface area contributed by atoms with Gasteiger partial charge < -0.3 is 14.2 Å². The second-order valence-corrected chi connectivity index (χ2v) is 10.1. The summed E-state index contributed by atoms with van der Waals surface area (Å²) in [5.41, 5.74) is 5.18. The smallest absolute Gasteiger partial charge is 0.144 e. The van der Waals surface area contributed by atoms with Crippen molar-refractivity contribution < 1.29 is 14.2 Å². The molecule has 5 aromatic rings. The van der Waals surface area contributed by atoms with Gasteiger partial charge in [0.05, 0.1) is 26.5 Å². The molecule has 0 saturated carbocycles. The van der Waals surface area contributed by atoms with E-state index in [9.17, 15) is 0 Å². The molecule has 190 valence electrons. The highest BCUT2D eigenvalue weighted by Gasteiger charge is 2.38. The van der Waals surface area contributed by atoms with Crippen LogP contribution in [0.15, 0.2) is 121 Å². The average molecular weight is 613 g/mol. The molecule has 0 unspecified atom stereocenters. The number of aromatic nitrogens is 1. The molecule has 0 aliphatic heterocycles. The molecule has 1 aromatic heterocycles. The molecule has 5 heteroatoms. The van der Waals surface area contributed by atoms with E-state index in [1.54, 1.807) is 14.2 Å². The van der Waals surface area contributed by atoms with Crippen LogP contribution in [0.5, 0.6) is 11.5 Å². The maximum Gasteiger partial charge on any atom is 0.144 e. The van der Waals surface area contributed by atoms with Gasteiger partial charge in [0, 0.05) is 15.3 Å². The molecule has 0 radical (unpaired) electrons. The maximum atomic E-state index is 6.96. The van der Waals surface area contributed by atoms with Crippen LogP contribution in [0.25, 0.3) is 11.3 Å².